The van der Waals surface area contributed by atoms with Crippen molar-refractivity contribution in [3.05, 3.63) is 18.0 Å². The maximum Gasteiger partial charge on any atom is 0.244 e. The Morgan fingerprint density at radius 3 is 2.86 bits per heavy atom. The molecule has 2 N–H and O–H groups in total. The number of amides is 1. The number of carbonyl (C=O) groups excluding carboxylic acids is 1. The third-order valence-electron chi connectivity index (χ3n) is 4.45. The van der Waals surface area contributed by atoms with Gasteiger partial charge in [0, 0.05) is 24.7 Å². The summed E-state index contributed by atoms with van der Waals surface area (Å²) in [5.74, 6) is -0.0415. The fourth-order valence-electron chi connectivity index (χ4n) is 3.09. The van der Waals surface area contributed by atoms with Gasteiger partial charge in [-0.2, -0.15) is 5.10 Å². The Labute approximate surface area is 125 Å². The molecule has 1 saturated heterocycles. The molecule has 2 atom stereocenters. The second-order valence-corrected chi connectivity index (χ2v) is 6.09. The minimum absolute atomic E-state index is 0.0254. The van der Waals surface area contributed by atoms with Gasteiger partial charge in [0.05, 0.1) is 18.9 Å². The lowest BCUT2D eigenvalue weighted by Crippen LogP contribution is -2.54. The van der Waals surface area contributed by atoms with E-state index in [4.69, 9.17) is 0 Å². The van der Waals surface area contributed by atoms with Crippen molar-refractivity contribution in [2.24, 2.45) is 5.41 Å². The van der Waals surface area contributed by atoms with Crippen LogP contribution in [0.2, 0.25) is 0 Å². The van der Waals surface area contributed by atoms with Crippen molar-refractivity contribution >= 4 is 5.91 Å². The molecule has 0 spiro atoms. The first-order chi connectivity index (χ1) is 10.0. The minimum Gasteiger partial charge on any atom is -0.396 e. The van der Waals surface area contributed by atoms with E-state index in [1.165, 1.54) is 0 Å². The van der Waals surface area contributed by atoms with Crippen LogP contribution in [0.5, 0.6) is 0 Å². The summed E-state index contributed by atoms with van der Waals surface area (Å²) in [6.07, 6.45) is 5.22. The van der Waals surface area contributed by atoms with Crippen molar-refractivity contribution in [1.29, 1.82) is 0 Å². The quantitative estimate of drug-likeness (QED) is 0.832. The van der Waals surface area contributed by atoms with E-state index in [-0.39, 0.29) is 19.1 Å². The molecule has 1 aromatic heterocycles. The van der Waals surface area contributed by atoms with Gasteiger partial charge in [0.1, 0.15) is 6.54 Å². The maximum absolute atomic E-state index is 12.3. The Morgan fingerprint density at radius 1 is 1.57 bits per heavy atom. The molecule has 0 radical (unpaired) electrons. The predicted octanol–water partition coefficient (Wildman–Crippen LogP) is 0.564. The fourth-order valence-corrected chi connectivity index (χ4v) is 3.09. The van der Waals surface area contributed by atoms with E-state index in [0.717, 1.165) is 18.4 Å². The molecule has 0 aliphatic carbocycles. The summed E-state index contributed by atoms with van der Waals surface area (Å²) in [6.45, 7) is 5.01. The molecular formula is C15H25N3O3. The Morgan fingerprint density at radius 2 is 2.33 bits per heavy atom. The third-order valence-corrected chi connectivity index (χ3v) is 4.45. The van der Waals surface area contributed by atoms with Crippen molar-refractivity contribution in [2.45, 2.75) is 45.8 Å². The smallest absolute Gasteiger partial charge is 0.244 e. The number of aliphatic hydroxyl groups excluding tert-OH is 2. The van der Waals surface area contributed by atoms with Gasteiger partial charge in [-0.15, -0.1) is 0 Å². The first-order valence-corrected chi connectivity index (χ1v) is 7.56. The summed E-state index contributed by atoms with van der Waals surface area (Å²) in [5.41, 5.74) is 0.567. The summed E-state index contributed by atoms with van der Waals surface area (Å²) < 4.78 is 1.62. The summed E-state index contributed by atoms with van der Waals surface area (Å²) in [7, 11) is 0. The topological polar surface area (TPSA) is 78.6 Å². The molecule has 1 aliphatic heterocycles. The lowest BCUT2D eigenvalue weighted by Gasteiger charge is -2.44. The van der Waals surface area contributed by atoms with Gasteiger partial charge < -0.3 is 15.1 Å². The molecule has 1 aromatic rings. The van der Waals surface area contributed by atoms with Crippen LogP contribution in [-0.2, 0) is 11.3 Å². The van der Waals surface area contributed by atoms with E-state index in [9.17, 15) is 15.0 Å². The highest BCUT2D eigenvalue weighted by atomic mass is 16.3. The monoisotopic (exact) mass is 295 g/mol. The normalized spacial score (nSPS) is 26.1. The van der Waals surface area contributed by atoms with Crippen LogP contribution in [-0.4, -0.2) is 56.6 Å². The SMILES string of the molecule is CCC[C@]1(CO)CCN(C(=O)Cn2cc(C)cn2)C[C@@H]1O. The van der Waals surface area contributed by atoms with Gasteiger partial charge in [0.25, 0.3) is 0 Å². The summed E-state index contributed by atoms with van der Waals surface area (Å²) in [6, 6.07) is 0. The number of likely N-dealkylation sites (tertiary alicyclic amines) is 1. The molecule has 6 nitrogen and oxygen atoms in total. The number of aryl methyl sites for hydroxylation is 1. The summed E-state index contributed by atoms with van der Waals surface area (Å²) >= 11 is 0. The molecule has 0 unspecified atom stereocenters. The van der Waals surface area contributed by atoms with E-state index < -0.39 is 11.5 Å². The number of nitrogens with zero attached hydrogens (tertiary/aromatic N) is 3. The number of aliphatic hydroxyl groups is 2. The van der Waals surface area contributed by atoms with Gasteiger partial charge in [-0.3, -0.25) is 9.48 Å². The molecular weight excluding hydrogens is 270 g/mol. The zero-order chi connectivity index (χ0) is 15.5. The minimum atomic E-state index is -0.667. The number of piperidine rings is 1. The molecule has 6 heteroatoms. The Bertz CT molecular complexity index is 488. The molecule has 0 aromatic carbocycles. The Kier molecular flexibility index (Phi) is 5.00. The number of hydrogen-bond acceptors (Lipinski definition) is 4. The van der Waals surface area contributed by atoms with Crippen LogP contribution in [0.25, 0.3) is 0 Å². The molecule has 1 amide bonds. The summed E-state index contributed by atoms with van der Waals surface area (Å²) in [5, 5.41) is 24.1. The second kappa shape index (κ2) is 6.58. The Hall–Kier alpha value is -1.40. The van der Waals surface area contributed by atoms with Crippen LogP contribution >= 0.6 is 0 Å². The number of carbonyl (C=O) groups is 1. The molecule has 21 heavy (non-hydrogen) atoms. The number of rotatable bonds is 5. The highest BCUT2D eigenvalue weighted by Crippen LogP contribution is 2.36. The maximum atomic E-state index is 12.3. The van der Waals surface area contributed by atoms with Crippen molar-refractivity contribution < 1.29 is 15.0 Å². The van der Waals surface area contributed by atoms with Gasteiger partial charge in [0.15, 0.2) is 0 Å². The molecule has 2 heterocycles. The molecule has 118 valence electrons. The molecule has 0 saturated carbocycles. The van der Waals surface area contributed by atoms with Gasteiger partial charge in [-0.25, -0.2) is 0 Å². The predicted molar refractivity (Wildman–Crippen MR) is 78.6 cm³/mol. The summed E-state index contributed by atoms with van der Waals surface area (Å²) in [4.78, 5) is 13.9. The van der Waals surface area contributed by atoms with Crippen LogP contribution in [0.1, 0.15) is 31.7 Å². The largest absolute Gasteiger partial charge is 0.396 e. The highest BCUT2D eigenvalue weighted by molar-refractivity contribution is 5.76. The van der Waals surface area contributed by atoms with Crippen LogP contribution in [0.3, 0.4) is 0 Å². The van der Waals surface area contributed by atoms with E-state index in [2.05, 4.69) is 5.10 Å². The highest BCUT2D eigenvalue weighted by Gasteiger charge is 2.42. The number of hydrogen-bond donors (Lipinski definition) is 2. The average molecular weight is 295 g/mol. The molecule has 0 bridgehead atoms. The van der Waals surface area contributed by atoms with Gasteiger partial charge in [-0.05, 0) is 25.3 Å². The van der Waals surface area contributed by atoms with Crippen molar-refractivity contribution in [2.75, 3.05) is 19.7 Å². The first-order valence-electron chi connectivity index (χ1n) is 7.56. The second-order valence-electron chi connectivity index (χ2n) is 6.09. The standard InChI is InChI=1S/C15H25N3O3/c1-3-4-15(11-19)5-6-17(9-13(15)20)14(21)10-18-8-12(2)7-16-18/h7-8,13,19-20H,3-6,9-11H2,1-2H3/t13-,15+/m0/s1. The lowest BCUT2D eigenvalue weighted by atomic mass is 9.73. The number of β-amino-alcohol motifs (C(OH)–C–C–N with tert-alkyl or cyclic N) is 1. The van der Waals surface area contributed by atoms with E-state index in [1.54, 1.807) is 15.8 Å². The van der Waals surface area contributed by atoms with Crippen molar-refractivity contribution in [1.82, 2.24) is 14.7 Å². The van der Waals surface area contributed by atoms with Gasteiger partial charge >= 0.3 is 0 Å². The third kappa shape index (κ3) is 3.44. The van der Waals surface area contributed by atoms with Crippen LogP contribution in [0.15, 0.2) is 12.4 Å². The van der Waals surface area contributed by atoms with Gasteiger partial charge in [0.2, 0.25) is 5.91 Å². The number of aromatic nitrogens is 2. The first kappa shape index (κ1) is 16.0. The van der Waals surface area contributed by atoms with Crippen LogP contribution in [0.4, 0.5) is 0 Å². The molecule has 2 rings (SSSR count). The lowest BCUT2D eigenvalue weighted by molar-refractivity contribution is -0.142. The average Bonchev–Trinajstić information content (AvgIpc) is 2.86. The van der Waals surface area contributed by atoms with Crippen molar-refractivity contribution in [3.63, 3.8) is 0 Å². The fraction of sp³-hybridized carbons (Fsp3) is 0.733. The van der Waals surface area contributed by atoms with Gasteiger partial charge in [-0.1, -0.05) is 13.3 Å². The van der Waals surface area contributed by atoms with E-state index in [1.807, 2.05) is 20.0 Å². The molecule has 1 aliphatic rings. The zero-order valence-corrected chi connectivity index (χ0v) is 12.8. The van der Waals surface area contributed by atoms with Crippen LogP contribution in [0, 0.1) is 12.3 Å². The molecule has 1 fully saturated rings. The van der Waals surface area contributed by atoms with Crippen LogP contribution < -0.4 is 0 Å². The zero-order valence-electron chi connectivity index (χ0n) is 12.8. The van der Waals surface area contributed by atoms with Crippen molar-refractivity contribution in [3.8, 4) is 0 Å². The Balaban J connectivity index is 1.96. The van der Waals surface area contributed by atoms with E-state index >= 15 is 0 Å². The van der Waals surface area contributed by atoms with E-state index in [0.29, 0.717) is 19.5 Å².